The third-order valence-electron chi connectivity index (χ3n) is 3.75. The fourth-order valence-corrected chi connectivity index (χ4v) is 3.77. The number of rotatable bonds is 4. The molecule has 0 saturated carbocycles. The summed E-state index contributed by atoms with van der Waals surface area (Å²) in [5.41, 5.74) is 0.306. The van der Waals surface area contributed by atoms with Crippen molar-refractivity contribution in [2.75, 3.05) is 13.1 Å². The summed E-state index contributed by atoms with van der Waals surface area (Å²) in [6, 6.07) is 4.19. The average molecular weight is 331 g/mol. The van der Waals surface area contributed by atoms with Gasteiger partial charge in [-0.15, -0.1) is 0 Å². The summed E-state index contributed by atoms with van der Waals surface area (Å²) in [5.74, 6) is 0.360. The van der Waals surface area contributed by atoms with Crippen LogP contribution in [-0.4, -0.2) is 32.3 Å². The standard InChI is InChI=1S/C14H19ClN2O3S/c1-2-3-10-6-7-17(9-10)14(18)11-4-5-12(15)13(8-11)21(16,19)20/h4-5,8,10H,2-3,6-7,9H2,1H3,(H2,16,19,20). The molecule has 1 amide bonds. The first-order chi connectivity index (χ1) is 9.82. The fraction of sp³-hybridized carbons (Fsp3) is 0.500. The van der Waals surface area contributed by atoms with E-state index in [0.29, 0.717) is 18.0 Å². The van der Waals surface area contributed by atoms with Gasteiger partial charge in [-0.3, -0.25) is 4.79 Å². The minimum atomic E-state index is -3.94. The van der Waals surface area contributed by atoms with Crippen LogP contribution in [0.4, 0.5) is 0 Å². The molecule has 1 fully saturated rings. The van der Waals surface area contributed by atoms with E-state index in [1.54, 1.807) is 4.90 Å². The number of amides is 1. The first-order valence-electron chi connectivity index (χ1n) is 6.94. The van der Waals surface area contributed by atoms with Gasteiger partial charge < -0.3 is 4.90 Å². The summed E-state index contributed by atoms with van der Waals surface area (Å²) in [7, 11) is -3.94. The summed E-state index contributed by atoms with van der Waals surface area (Å²) >= 11 is 5.83. The smallest absolute Gasteiger partial charge is 0.253 e. The lowest BCUT2D eigenvalue weighted by Crippen LogP contribution is -2.29. The SMILES string of the molecule is CCCC1CCN(C(=O)c2ccc(Cl)c(S(N)(=O)=O)c2)C1. The Kier molecular flexibility index (Phi) is 4.91. The van der Waals surface area contributed by atoms with Gasteiger partial charge in [0, 0.05) is 18.7 Å². The molecule has 1 heterocycles. The van der Waals surface area contributed by atoms with Crippen LogP contribution in [0.1, 0.15) is 36.5 Å². The van der Waals surface area contributed by atoms with Gasteiger partial charge in [-0.1, -0.05) is 24.9 Å². The van der Waals surface area contributed by atoms with Gasteiger partial charge in [0.05, 0.1) is 5.02 Å². The summed E-state index contributed by atoms with van der Waals surface area (Å²) in [6.45, 7) is 3.55. The summed E-state index contributed by atoms with van der Waals surface area (Å²) in [6.07, 6.45) is 3.20. The molecule has 1 unspecified atom stereocenters. The van der Waals surface area contributed by atoms with Crippen LogP contribution >= 0.6 is 11.6 Å². The molecule has 1 aromatic rings. The Morgan fingerprint density at radius 1 is 1.48 bits per heavy atom. The number of benzene rings is 1. The molecular formula is C14H19ClN2O3S. The predicted octanol–water partition coefficient (Wildman–Crippen LogP) is 2.25. The van der Waals surface area contributed by atoms with E-state index in [4.69, 9.17) is 16.7 Å². The van der Waals surface area contributed by atoms with Crippen molar-refractivity contribution in [1.29, 1.82) is 0 Å². The van der Waals surface area contributed by atoms with Crippen molar-refractivity contribution in [3.8, 4) is 0 Å². The predicted molar refractivity (Wildman–Crippen MR) is 81.7 cm³/mol. The highest BCUT2D eigenvalue weighted by atomic mass is 35.5. The minimum absolute atomic E-state index is 0.0272. The molecule has 1 aromatic carbocycles. The fourth-order valence-electron chi connectivity index (χ4n) is 2.70. The molecule has 21 heavy (non-hydrogen) atoms. The molecule has 0 radical (unpaired) electrons. The quantitative estimate of drug-likeness (QED) is 0.919. The highest BCUT2D eigenvalue weighted by molar-refractivity contribution is 7.89. The van der Waals surface area contributed by atoms with Crippen LogP contribution in [0, 0.1) is 5.92 Å². The summed E-state index contributed by atoms with van der Waals surface area (Å²) < 4.78 is 22.9. The molecule has 0 aliphatic carbocycles. The second-order valence-corrected chi connectivity index (χ2v) is 7.32. The Morgan fingerprint density at radius 2 is 2.19 bits per heavy atom. The van der Waals surface area contributed by atoms with Crippen molar-refractivity contribution in [1.82, 2.24) is 4.90 Å². The molecule has 7 heteroatoms. The average Bonchev–Trinajstić information content (AvgIpc) is 2.86. The van der Waals surface area contributed by atoms with Crippen LogP contribution in [0.5, 0.6) is 0 Å². The van der Waals surface area contributed by atoms with Crippen molar-refractivity contribution in [3.63, 3.8) is 0 Å². The van der Waals surface area contributed by atoms with Gasteiger partial charge in [0.15, 0.2) is 0 Å². The minimum Gasteiger partial charge on any atom is -0.338 e. The summed E-state index contributed by atoms with van der Waals surface area (Å²) in [4.78, 5) is 14.0. The van der Waals surface area contributed by atoms with E-state index >= 15 is 0 Å². The third kappa shape index (κ3) is 3.75. The van der Waals surface area contributed by atoms with E-state index in [9.17, 15) is 13.2 Å². The van der Waals surface area contributed by atoms with Gasteiger partial charge >= 0.3 is 0 Å². The highest BCUT2D eigenvalue weighted by Gasteiger charge is 2.27. The van der Waals surface area contributed by atoms with E-state index in [0.717, 1.165) is 25.8 Å². The van der Waals surface area contributed by atoms with E-state index in [-0.39, 0.29) is 15.8 Å². The number of carbonyl (C=O) groups is 1. The number of nitrogens with two attached hydrogens (primary N) is 1. The van der Waals surface area contributed by atoms with Crippen molar-refractivity contribution >= 4 is 27.5 Å². The number of halogens is 1. The summed E-state index contributed by atoms with van der Waals surface area (Å²) in [5, 5.41) is 5.13. The van der Waals surface area contributed by atoms with Gasteiger partial charge in [-0.25, -0.2) is 13.6 Å². The first-order valence-corrected chi connectivity index (χ1v) is 8.87. The van der Waals surface area contributed by atoms with Crippen molar-refractivity contribution < 1.29 is 13.2 Å². The molecule has 5 nitrogen and oxygen atoms in total. The largest absolute Gasteiger partial charge is 0.338 e. The van der Waals surface area contributed by atoms with Crippen LogP contribution < -0.4 is 5.14 Å². The molecule has 2 rings (SSSR count). The zero-order valence-electron chi connectivity index (χ0n) is 11.9. The van der Waals surface area contributed by atoms with E-state index in [1.807, 2.05) is 0 Å². The first kappa shape index (κ1) is 16.3. The van der Waals surface area contributed by atoms with Crippen molar-refractivity contribution in [2.24, 2.45) is 11.1 Å². The Labute approximate surface area is 130 Å². The molecule has 2 N–H and O–H groups in total. The van der Waals surface area contributed by atoms with Crippen LogP contribution in [0.15, 0.2) is 23.1 Å². The number of hydrogen-bond donors (Lipinski definition) is 1. The maximum absolute atomic E-state index is 12.4. The molecule has 0 aromatic heterocycles. The van der Waals surface area contributed by atoms with E-state index in [1.165, 1.54) is 18.2 Å². The van der Waals surface area contributed by atoms with Gasteiger partial charge in [-0.05, 0) is 37.0 Å². The Morgan fingerprint density at radius 3 is 2.81 bits per heavy atom. The van der Waals surface area contributed by atoms with Crippen molar-refractivity contribution in [3.05, 3.63) is 28.8 Å². The monoisotopic (exact) mass is 330 g/mol. The molecule has 1 aliphatic heterocycles. The van der Waals surface area contributed by atoms with Crippen molar-refractivity contribution in [2.45, 2.75) is 31.1 Å². The van der Waals surface area contributed by atoms with E-state index in [2.05, 4.69) is 6.92 Å². The number of carbonyl (C=O) groups excluding carboxylic acids is 1. The number of hydrogen-bond acceptors (Lipinski definition) is 3. The molecule has 116 valence electrons. The number of nitrogens with zero attached hydrogens (tertiary/aromatic N) is 1. The normalized spacial score (nSPS) is 19.0. The number of likely N-dealkylation sites (tertiary alicyclic amines) is 1. The Bertz CT molecular complexity index is 646. The lowest BCUT2D eigenvalue weighted by molar-refractivity contribution is 0.0786. The van der Waals surface area contributed by atoms with Gasteiger partial charge in [0.2, 0.25) is 10.0 Å². The lowest BCUT2D eigenvalue weighted by atomic mass is 10.0. The number of primary sulfonamides is 1. The molecule has 0 spiro atoms. The van der Waals surface area contributed by atoms with E-state index < -0.39 is 10.0 Å². The van der Waals surface area contributed by atoms with Crippen LogP contribution in [-0.2, 0) is 10.0 Å². The van der Waals surface area contributed by atoms with Crippen LogP contribution in [0.3, 0.4) is 0 Å². The van der Waals surface area contributed by atoms with Gasteiger partial charge in [0.1, 0.15) is 4.90 Å². The van der Waals surface area contributed by atoms with Gasteiger partial charge in [-0.2, -0.15) is 0 Å². The maximum Gasteiger partial charge on any atom is 0.253 e. The Balaban J connectivity index is 2.21. The molecular weight excluding hydrogens is 312 g/mol. The topological polar surface area (TPSA) is 80.5 Å². The number of sulfonamides is 1. The molecule has 1 aliphatic rings. The Hall–Kier alpha value is -1.11. The second-order valence-electron chi connectivity index (χ2n) is 5.38. The lowest BCUT2D eigenvalue weighted by Gasteiger charge is -2.17. The molecule has 0 bridgehead atoms. The second kappa shape index (κ2) is 6.34. The zero-order chi connectivity index (χ0) is 15.6. The molecule has 1 saturated heterocycles. The molecule has 1 atom stereocenters. The van der Waals surface area contributed by atoms with Crippen LogP contribution in [0.2, 0.25) is 5.02 Å². The van der Waals surface area contributed by atoms with Crippen LogP contribution in [0.25, 0.3) is 0 Å². The third-order valence-corrected chi connectivity index (χ3v) is 5.15. The zero-order valence-corrected chi connectivity index (χ0v) is 13.5. The highest BCUT2D eigenvalue weighted by Crippen LogP contribution is 2.25. The maximum atomic E-state index is 12.4. The van der Waals surface area contributed by atoms with Gasteiger partial charge in [0.25, 0.3) is 5.91 Å².